The molecule has 3 saturated heterocycles. The molecule has 4 heterocycles. The number of benzene rings is 1. The van der Waals surface area contributed by atoms with Crippen molar-refractivity contribution < 1.29 is 77.6 Å². The van der Waals surface area contributed by atoms with Crippen molar-refractivity contribution in [1.29, 1.82) is 0 Å². The molecule has 0 unspecified atom stereocenters. The Morgan fingerprint density at radius 1 is 0.713 bits per heavy atom. The number of primary amides is 1. The number of aliphatic hydroxyl groups is 2. The van der Waals surface area contributed by atoms with Crippen molar-refractivity contribution in [2.45, 2.75) is 158 Å². The number of imidazole rings is 1. The number of amides is 13. The van der Waals surface area contributed by atoms with Gasteiger partial charge in [-0.25, -0.2) is 4.98 Å². The maximum absolute atomic E-state index is 15.0. The van der Waals surface area contributed by atoms with Crippen LogP contribution in [0.5, 0.6) is 5.75 Å². The van der Waals surface area contributed by atoms with Gasteiger partial charge in [0.25, 0.3) is 0 Å². The first-order valence-corrected chi connectivity index (χ1v) is 35.4. The van der Waals surface area contributed by atoms with Crippen LogP contribution in [0.2, 0.25) is 0 Å². The molecule has 3 aliphatic rings. The first kappa shape index (κ1) is 77.3. The summed E-state index contributed by atoms with van der Waals surface area (Å²) in [6.45, 7) is 6.28. The zero-order valence-corrected chi connectivity index (χ0v) is 55.9. The van der Waals surface area contributed by atoms with E-state index in [4.69, 9.17) is 17.2 Å². The summed E-state index contributed by atoms with van der Waals surface area (Å²) in [7, 11) is 3.63. The number of aromatic amines is 1. The lowest BCUT2D eigenvalue weighted by Crippen LogP contribution is -2.61. The molecule has 0 saturated carbocycles. The quantitative estimate of drug-likeness (QED) is 0.0460. The van der Waals surface area contributed by atoms with Crippen LogP contribution >= 0.6 is 43.2 Å². The lowest BCUT2D eigenvalue weighted by Gasteiger charge is -2.31. The van der Waals surface area contributed by atoms with Crippen LogP contribution in [0.15, 0.2) is 36.8 Å². The average Bonchev–Trinajstić information content (AvgIpc) is 1.89. The standard InChI is InChI=1S/C57H87N17O16S4/c1-27(2)14-35-50(83)71-40-24-94-92-23-39(48(81)62-19-43(78)65-36(15-30-9-11-32(76)12-10-30)51(84)66-34(49(82)67-35)8-6-7-13-58)70-53(86)41(72-56(89)46(28(3)4)73-44(79)20-63-55(88)45(59)29(5)75)25-93-91-22-38(47(60)80)69-54(87)42-17-33(77)21-74(42)57(90)37(68-52(40)85)16-31-18-61-26-64-31/h9-12,18,26-29,33-42,45-46,75-77H,6-8,13-17,19-25,58-59H2,1-5H3,(H2,60,80)(H,61,64)(H,62,81)(H,63,88)(H,65,78)(H,66,84)(H,67,82)(H,68,85)(H,69,87)(H,70,86)(H,71,83)(H,72,89)(H,73,79)/t29-,33-,34+,35+,36+,37+,38+,39+,40+,41+,42+,45+,46+/m1/s1. The van der Waals surface area contributed by atoms with E-state index in [9.17, 15) is 77.6 Å². The summed E-state index contributed by atoms with van der Waals surface area (Å²) < 4.78 is 0. The lowest BCUT2D eigenvalue weighted by molar-refractivity contribution is -0.142. The van der Waals surface area contributed by atoms with Gasteiger partial charge in [-0.2, -0.15) is 0 Å². The summed E-state index contributed by atoms with van der Waals surface area (Å²) in [6, 6.07) is -10.5. The maximum Gasteiger partial charge on any atom is 0.246 e. The Bertz CT molecular complexity index is 2970. The summed E-state index contributed by atoms with van der Waals surface area (Å²) in [5.74, 6) is -14.3. The normalized spacial score (nSPS) is 25.7. The number of unbranched alkanes of at least 4 members (excludes halogenated alkanes) is 1. The number of nitrogens with one attached hydrogen (secondary N) is 12. The molecule has 33 nitrogen and oxygen atoms in total. The fourth-order valence-corrected chi connectivity index (χ4v) is 14.4. The highest BCUT2D eigenvalue weighted by atomic mass is 33.1. The molecule has 2 aromatic rings. The van der Waals surface area contributed by atoms with E-state index in [1.54, 1.807) is 27.7 Å². The third-order valence-corrected chi connectivity index (χ3v) is 19.8. The second-order valence-electron chi connectivity index (χ2n) is 23.5. The SMILES string of the molecule is CC(C)C[C@@H]1NC(=O)[C@H](CCCCN)NC(=O)[C@H](Cc2ccc(O)cc2)NC(=O)CNC(=O)[C@@H]2CSSC[C@H](NC1=O)C(=O)N[C@@H](Cc1cnc[nH]1)C(=O)N1C[C@H](O)C[C@H]1C(=O)N[C@H](C(N)=O)CSSC[C@H](NC(=O)[C@@H](NC(=O)CNC(=O)[C@@H](N)[C@@H](C)O)C(C)C)C(=O)N2. The fraction of sp³-hybridized carbons (Fsp3) is 0.614. The largest absolute Gasteiger partial charge is 0.508 e. The van der Waals surface area contributed by atoms with Gasteiger partial charge in [0.1, 0.15) is 72.2 Å². The summed E-state index contributed by atoms with van der Waals surface area (Å²) in [4.78, 5) is 192. The predicted molar refractivity (Wildman–Crippen MR) is 350 cm³/mol. The number of rotatable bonds is 19. The molecule has 94 heavy (non-hydrogen) atoms. The van der Waals surface area contributed by atoms with E-state index in [1.165, 1.54) is 43.7 Å². The van der Waals surface area contributed by atoms with Gasteiger partial charge in [-0.05, 0) is 68.7 Å². The fourth-order valence-electron chi connectivity index (χ4n) is 9.76. The Labute approximate surface area is 558 Å². The van der Waals surface area contributed by atoms with Gasteiger partial charge in [-0.15, -0.1) is 0 Å². The predicted octanol–water partition coefficient (Wildman–Crippen LogP) is -5.73. The first-order chi connectivity index (χ1) is 44.5. The highest BCUT2D eigenvalue weighted by molar-refractivity contribution is 8.77. The van der Waals surface area contributed by atoms with Crippen molar-refractivity contribution >= 4 is 120 Å². The Morgan fingerprint density at radius 3 is 1.96 bits per heavy atom. The van der Waals surface area contributed by atoms with E-state index in [0.29, 0.717) is 24.1 Å². The van der Waals surface area contributed by atoms with Crippen LogP contribution in [-0.2, 0) is 75.2 Å². The zero-order chi connectivity index (χ0) is 69.3. The number of hydrogen-bond acceptors (Lipinski definition) is 23. The number of phenolic OH excluding ortho intramolecular Hbond substituents is 1. The van der Waals surface area contributed by atoms with Crippen LogP contribution in [0.3, 0.4) is 0 Å². The van der Waals surface area contributed by atoms with Crippen molar-refractivity contribution in [3.05, 3.63) is 48.0 Å². The molecule has 3 aliphatic heterocycles. The number of hydrogen-bond donors (Lipinski definition) is 18. The number of nitrogens with two attached hydrogens (primary N) is 3. The van der Waals surface area contributed by atoms with E-state index < -0.39 is 181 Å². The highest BCUT2D eigenvalue weighted by Gasteiger charge is 2.44. The number of aromatic hydroxyl groups is 1. The summed E-state index contributed by atoms with van der Waals surface area (Å²) in [5.41, 5.74) is 18.1. The molecule has 0 radical (unpaired) electrons. The van der Waals surface area contributed by atoms with Gasteiger partial charge in [0, 0.05) is 60.7 Å². The topological polar surface area (TPSA) is 525 Å². The minimum absolute atomic E-state index is 0.000748. The second kappa shape index (κ2) is 38.2. The molecule has 2 bridgehead atoms. The van der Waals surface area contributed by atoms with Crippen LogP contribution in [0.1, 0.15) is 78.0 Å². The number of aromatic nitrogens is 2. The third kappa shape index (κ3) is 24.7. The van der Waals surface area contributed by atoms with Crippen molar-refractivity contribution in [2.24, 2.45) is 29.0 Å². The van der Waals surface area contributed by atoms with Crippen molar-refractivity contribution in [3.8, 4) is 5.75 Å². The highest BCUT2D eigenvalue weighted by Crippen LogP contribution is 2.27. The van der Waals surface area contributed by atoms with Crippen LogP contribution < -0.4 is 75.7 Å². The van der Waals surface area contributed by atoms with Crippen LogP contribution in [0, 0.1) is 11.8 Å². The van der Waals surface area contributed by atoms with Crippen LogP contribution in [0.4, 0.5) is 0 Å². The minimum Gasteiger partial charge on any atom is -0.508 e. The van der Waals surface area contributed by atoms with Gasteiger partial charge in [0.05, 0.1) is 31.6 Å². The number of aliphatic hydroxyl groups excluding tert-OH is 2. The Hall–Kier alpha value is -7.42. The lowest BCUT2D eigenvalue weighted by atomic mass is 10.0. The molecule has 5 rings (SSSR count). The van der Waals surface area contributed by atoms with E-state index in [2.05, 4.69) is 68.5 Å². The van der Waals surface area contributed by atoms with Gasteiger partial charge < -0.3 is 101 Å². The van der Waals surface area contributed by atoms with Gasteiger partial charge in [0.15, 0.2) is 0 Å². The maximum atomic E-state index is 15.0. The van der Waals surface area contributed by atoms with Crippen molar-refractivity contribution in [2.75, 3.05) is 49.2 Å². The molecule has 21 N–H and O–H groups in total. The number of phenols is 1. The Kier molecular flexibility index (Phi) is 31.4. The Morgan fingerprint density at radius 2 is 1.33 bits per heavy atom. The summed E-state index contributed by atoms with van der Waals surface area (Å²) in [5, 5.41) is 59.3. The number of nitrogens with zero attached hydrogens (tertiary/aromatic N) is 2. The zero-order valence-electron chi connectivity index (χ0n) is 52.6. The average molecular weight is 1390 g/mol. The molecule has 37 heteroatoms. The Balaban J connectivity index is 1.62. The van der Waals surface area contributed by atoms with Gasteiger partial charge >= 0.3 is 0 Å². The molecule has 1 aromatic carbocycles. The number of carbonyl (C=O) groups excluding carboxylic acids is 13. The van der Waals surface area contributed by atoms with E-state index in [1.807, 2.05) is 0 Å². The minimum atomic E-state index is -1.61. The molecule has 0 aliphatic carbocycles. The summed E-state index contributed by atoms with van der Waals surface area (Å²) in [6.07, 6.45) is 0.105. The molecule has 13 amide bonds. The molecular weight excluding hydrogens is 1310 g/mol. The smallest absolute Gasteiger partial charge is 0.246 e. The number of fused-ring (bicyclic) bond motifs is 6. The second-order valence-corrected chi connectivity index (χ2v) is 28.6. The molecule has 0 spiro atoms. The molecule has 13 atom stereocenters. The summed E-state index contributed by atoms with van der Waals surface area (Å²) >= 11 is 0. The third-order valence-electron chi connectivity index (χ3n) is 15.0. The number of carbonyl (C=O) groups is 13. The van der Waals surface area contributed by atoms with E-state index in [0.717, 1.165) is 48.1 Å². The van der Waals surface area contributed by atoms with Gasteiger partial charge in [-0.3, -0.25) is 62.3 Å². The molecular formula is C57H87N17O16S4. The molecule has 520 valence electrons. The van der Waals surface area contributed by atoms with Gasteiger partial charge in [-0.1, -0.05) is 83.0 Å². The molecule has 1 aromatic heterocycles. The molecule has 3 fully saturated rings. The van der Waals surface area contributed by atoms with Crippen molar-refractivity contribution in [1.82, 2.24) is 73.4 Å². The first-order valence-electron chi connectivity index (χ1n) is 30.5. The van der Waals surface area contributed by atoms with Crippen molar-refractivity contribution in [3.63, 3.8) is 0 Å². The van der Waals surface area contributed by atoms with Crippen LogP contribution in [-0.4, -0.2) is 235 Å². The van der Waals surface area contributed by atoms with E-state index in [-0.39, 0.29) is 73.3 Å². The van der Waals surface area contributed by atoms with Gasteiger partial charge in [0.2, 0.25) is 76.8 Å². The van der Waals surface area contributed by atoms with E-state index >= 15 is 0 Å². The van der Waals surface area contributed by atoms with Crippen LogP contribution in [0.25, 0.3) is 0 Å². The monoisotopic (exact) mass is 1390 g/mol. The number of H-pyrrole nitrogens is 1.